The first kappa shape index (κ1) is 11.5. The summed E-state index contributed by atoms with van der Waals surface area (Å²) in [5.41, 5.74) is 1.07. The summed E-state index contributed by atoms with van der Waals surface area (Å²) in [6.45, 7) is 9.10. The molecule has 0 bridgehead atoms. The number of amidine groups is 1. The highest BCUT2D eigenvalue weighted by Crippen LogP contribution is 2.20. The van der Waals surface area contributed by atoms with Crippen LogP contribution in [0.25, 0.3) is 0 Å². The summed E-state index contributed by atoms with van der Waals surface area (Å²) < 4.78 is 0. The van der Waals surface area contributed by atoms with Gasteiger partial charge >= 0.3 is 0 Å². The van der Waals surface area contributed by atoms with Crippen molar-refractivity contribution in [2.45, 2.75) is 27.7 Å². The van der Waals surface area contributed by atoms with Crippen molar-refractivity contribution in [3.8, 4) is 0 Å². The van der Waals surface area contributed by atoms with Crippen LogP contribution in [0.5, 0.6) is 0 Å². The molecule has 0 saturated heterocycles. The molecular formula is C9H18N4S. The quantitative estimate of drug-likeness (QED) is 0.676. The molecule has 14 heavy (non-hydrogen) atoms. The van der Waals surface area contributed by atoms with Crippen molar-refractivity contribution in [2.75, 3.05) is 12.3 Å². The molecule has 0 aromatic heterocycles. The van der Waals surface area contributed by atoms with Gasteiger partial charge in [-0.15, -0.1) is 5.10 Å². The van der Waals surface area contributed by atoms with Crippen LogP contribution in [0.15, 0.2) is 10.2 Å². The highest BCUT2D eigenvalue weighted by atomic mass is 32.2. The number of hydrogen-bond acceptors (Lipinski definition) is 5. The lowest BCUT2D eigenvalue weighted by molar-refractivity contribution is 0.466. The minimum atomic E-state index is 0.0452. The fourth-order valence-electron chi connectivity index (χ4n) is 1.05. The van der Waals surface area contributed by atoms with Crippen molar-refractivity contribution in [3.63, 3.8) is 0 Å². The van der Waals surface area contributed by atoms with E-state index in [9.17, 15) is 0 Å². The van der Waals surface area contributed by atoms with Gasteiger partial charge in [0.2, 0.25) is 0 Å². The zero-order valence-corrected chi connectivity index (χ0v) is 10.1. The molecule has 0 fully saturated rings. The number of hydrogen-bond donors (Lipinski definition) is 1. The standard InChI is InChI=1S/C9H18N4S/c1-5-14-8-12-11-7(6-13(8)10)9(2,3)4/h5-6,10H2,1-4H3. The van der Waals surface area contributed by atoms with E-state index in [1.807, 2.05) is 0 Å². The molecule has 1 heterocycles. The van der Waals surface area contributed by atoms with Gasteiger partial charge in [0.05, 0.1) is 12.3 Å². The van der Waals surface area contributed by atoms with Crippen molar-refractivity contribution in [1.29, 1.82) is 0 Å². The second-order valence-corrected chi connectivity index (χ2v) is 5.47. The Hall–Kier alpha value is -0.550. The Morgan fingerprint density at radius 1 is 1.43 bits per heavy atom. The highest BCUT2D eigenvalue weighted by molar-refractivity contribution is 8.13. The number of nitrogens with two attached hydrogens (primary N) is 1. The molecule has 0 spiro atoms. The Morgan fingerprint density at radius 2 is 2.07 bits per heavy atom. The highest BCUT2D eigenvalue weighted by Gasteiger charge is 2.25. The molecule has 1 rings (SSSR count). The van der Waals surface area contributed by atoms with E-state index in [-0.39, 0.29) is 5.41 Å². The fraction of sp³-hybridized carbons (Fsp3) is 0.778. The smallest absolute Gasteiger partial charge is 0.200 e. The predicted molar refractivity (Wildman–Crippen MR) is 63.4 cm³/mol. The Labute approximate surface area is 89.6 Å². The van der Waals surface area contributed by atoms with Gasteiger partial charge in [-0.05, 0) is 5.75 Å². The third-order valence-electron chi connectivity index (χ3n) is 1.96. The van der Waals surface area contributed by atoms with Gasteiger partial charge in [-0.3, -0.25) is 5.01 Å². The molecule has 1 aliphatic heterocycles. The second kappa shape index (κ2) is 4.31. The molecule has 0 unspecified atom stereocenters. The fourth-order valence-corrected chi connectivity index (χ4v) is 1.64. The van der Waals surface area contributed by atoms with Gasteiger partial charge in [-0.1, -0.05) is 39.5 Å². The van der Waals surface area contributed by atoms with Crippen molar-refractivity contribution in [3.05, 3.63) is 0 Å². The molecule has 0 aromatic rings. The lowest BCUT2D eigenvalue weighted by atomic mass is 9.90. The molecule has 0 aromatic carbocycles. The molecule has 0 saturated carbocycles. The molecule has 0 radical (unpaired) electrons. The van der Waals surface area contributed by atoms with Crippen LogP contribution >= 0.6 is 11.8 Å². The average molecular weight is 214 g/mol. The van der Waals surface area contributed by atoms with E-state index >= 15 is 0 Å². The summed E-state index contributed by atoms with van der Waals surface area (Å²) in [6, 6.07) is 0. The van der Waals surface area contributed by atoms with Crippen molar-refractivity contribution in [2.24, 2.45) is 21.5 Å². The lowest BCUT2D eigenvalue weighted by Crippen LogP contribution is -2.45. The Balaban J connectivity index is 2.79. The first-order valence-corrected chi connectivity index (χ1v) is 5.73. The van der Waals surface area contributed by atoms with E-state index in [4.69, 9.17) is 5.84 Å². The zero-order valence-electron chi connectivity index (χ0n) is 9.24. The zero-order chi connectivity index (χ0) is 10.8. The monoisotopic (exact) mass is 214 g/mol. The largest absolute Gasteiger partial charge is 0.282 e. The van der Waals surface area contributed by atoms with Gasteiger partial charge in [0.1, 0.15) is 0 Å². The third-order valence-corrected chi connectivity index (χ3v) is 2.82. The SMILES string of the molecule is CCSC1=NN=C(C(C)(C)C)CN1N. The summed E-state index contributed by atoms with van der Waals surface area (Å²) in [7, 11) is 0. The molecule has 80 valence electrons. The minimum absolute atomic E-state index is 0.0452. The summed E-state index contributed by atoms with van der Waals surface area (Å²) in [6.07, 6.45) is 0. The third kappa shape index (κ3) is 2.72. The van der Waals surface area contributed by atoms with Crippen LogP contribution in [-0.2, 0) is 0 Å². The minimum Gasteiger partial charge on any atom is -0.282 e. The van der Waals surface area contributed by atoms with Gasteiger partial charge in [-0.25, -0.2) is 5.84 Å². The Kier molecular flexibility index (Phi) is 3.55. The predicted octanol–water partition coefficient (Wildman–Crippen LogP) is 1.69. The molecule has 4 nitrogen and oxygen atoms in total. The van der Waals surface area contributed by atoms with Crippen molar-refractivity contribution >= 4 is 22.6 Å². The maximum atomic E-state index is 5.85. The van der Waals surface area contributed by atoms with Crippen LogP contribution in [0.4, 0.5) is 0 Å². The molecule has 0 atom stereocenters. The number of hydrazine groups is 1. The van der Waals surface area contributed by atoms with Gasteiger partial charge in [0.15, 0.2) is 5.17 Å². The van der Waals surface area contributed by atoms with E-state index in [1.54, 1.807) is 16.8 Å². The van der Waals surface area contributed by atoms with Crippen LogP contribution in [0.3, 0.4) is 0 Å². The first-order chi connectivity index (χ1) is 6.45. The van der Waals surface area contributed by atoms with Crippen molar-refractivity contribution < 1.29 is 0 Å². The van der Waals surface area contributed by atoms with E-state index in [0.29, 0.717) is 6.54 Å². The van der Waals surface area contributed by atoms with Crippen LogP contribution in [0, 0.1) is 5.41 Å². The summed E-state index contributed by atoms with van der Waals surface area (Å²) in [5, 5.41) is 10.8. The van der Waals surface area contributed by atoms with Crippen LogP contribution in [0.2, 0.25) is 0 Å². The Bertz CT molecular complexity index is 264. The number of thioether (sulfide) groups is 1. The first-order valence-electron chi connectivity index (χ1n) is 4.75. The lowest BCUT2D eigenvalue weighted by Gasteiger charge is -2.29. The van der Waals surface area contributed by atoms with Gasteiger partial charge < -0.3 is 0 Å². The summed E-state index contributed by atoms with van der Waals surface area (Å²) in [4.78, 5) is 0. The van der Waals surface area contributed by atoms with Crippen LogP contribution in [-0.4, -0.2) is 28.2 Å². The van der Waals surface area contributed by atoms with Crippen LogP contribution in [0.1, 0.15) is 27.7 Å². The summed E-state index contributed by atoms with van der Waals surface area (Å²) >= 11 is 1.62. The van der Waals surface area contributed by atoms with E-state index in [0.717, 1.165) is 16.6 Å². The van der Waals surface area contributed by atoms with E-state index in [2.05, 4.69) is 37.9 Å². The molecule has 0 amide bonds. The molecule has 0 aliphatic carbocycles. The van der Waals surface area contributed by atoms with E-state index in [1.165, 1.54) is 0 Å². The number of nitrogens with zero attached hydrogens (tertiary/aromatic N) is 3. The van der Waals surface area contributed by atoms with Gasteiger partial charge in [0.25, 0.3) is 0 Å². The number of rotatable bonds is 1. The maximum Gasteiger partial charge on any atom is 0.200 e. The van der Waals surface area contributed by atoms with Crippen LogP contribution < -0.4 is 5.84 Å². The van der Waals surface area contributed by atoms with E-state index < -0.39 is 0 Å². The Morgan fingerprint density at radius 3 is 2.50 bits per heavy atom. The molecule has 2 N–H and O–H groups in total. The van der Waals surface area contributed by atoms with Gasteiger partial charge in [-0.2, -0.15) is 5.10 Å². The van der Waals surface area contributed by atoms with Gasteiger partial charge in [0, 0.05) is 5.41 Å². The molecule has 5 heteroatoms. The maximum absolute atomic E-state index is 5.85. The molecule has 1 aliphatic rings. The second-order valence-electron chi connectivity index (χ2n) is 4.24. The molecular weight excluding hydrogens is 196 g/mol. The summed E-state index contributed by atoms with van der Waals surface area (Å²) in [5.74, 6) is 6.82. The topological polar surface area (TPSA) is 54.0 Å². The average Bonchev–Trinajstić information content (AvgIpc) is 2.07. The normalized spacial score (nSPS) is 17.9. The van der Waals surface area contributed by atoms with Crippen molar-refractivity contribution in [1.82, 2.24) is 5.01 Å².